The molecule has 0 heterocycles. The van der Waals surface area contributed by atoms with Gasteiger partial charge in [-0.05, 0) is 60.2 Å². The second-order valence-corrected chi connectivity index (χ2v) is 9.89. The molecule has 2 unspecified atom stereocenters. The lowest BCUT2D eigenvalue weighted by Crippen LogP contribution is -2.27. The van der Waals surface area contributed by atoms with Crippen molar-refractivity contribution in [2.24, 2.45) is 34.5 Å². The molecule has 0 amide bonds. The van der Waals surface area contributed by atoms with Crippen molar-refractivity contribution in [3.63, 3.8) is 0 Å². The maximum absolute atomic E-state index is 2.51. The van der Waals surface area contributed by atoms with Crippen LogP contribution in [0, 0.1) is 34.5 Å². The SMILES string of the molecule is CCC(C)(C)CCC(C)C(C(C)C)C(C)CCC(C)(C)CC. The Morgan fingerprint density at radius 2 is 0.955 bits per heavy atom. The third-order valence-corrected chi connectivity index (χ3v) is 6.55. The minimum atomic E-state index is 0.517. The van der Waals surface area contributed by atoms with Gasteiger partial charge in [-0.1, -0.05) is 82.1 Å². The van der Waals surface area contributed by atoms with Gasteiger partial charge in [0, 0.05) is 0 Å². The van der Waals surface area contributed by atoms with Gasteiger partial charge in [-0.3, -0.25) is 0 Å². The minimum absolute atomic E-state index is 0.517. The van der Waals surface area contributed by atoms with E-state index in [9.17, 15) is 0 Å². The van der Waals surface area contributed by atoms with Crippen LogP contribution in [0.2, 0.25) is 0 Å². The zero-order valence-electron chi connectivity index (χ0n) is 17.6. The molecule has 0 saturated heterocycles. The second-order valence-electron chi connectivity index (χ2n) is 9.89. The van der Waals surface area contributed by atoms with E-state index in [0.717, 1.165) is 23.7 Å². The summed E-state index contributed by atoms with van der Waals surface area (Å²) >= 11 is 0. The highest BCUT2D eigenvalue weighted by molar-refractivity contribution is 4.79. The molecule has 0 N–H and O–H groups in total. The highest BCUT2D eigenvalue weighted by Crippen LogP contribution is 2.39. The van der Waals surface area contributed by atoms with E-state index in [0.29, 0.717) is 10.8 Å². The summed E-state index contributed by atoms with van der Waals surface area (Å²) in [6.45, 7) is 24.3. The van der Waals surface area contributed by atoms with Crippen LogP contribution in [0.1, 0.15) is 108 Å². The largest absolute Gasteiger partial charge is 0.0649 e. The van der Waals surface area contributed by atoms with E-state index in [-0.39, 0.29) is 0 Å². The fourth-order valence-corrected chi connectivity index (χ4v) is 3.85. The molecule has 22 heavy (non-hydrogen) atoms. The van der Waals surface area contributed by atoms with Crippen LogP contribution in [-0.4, -0.2) is 0 Å². The maximum atomic E-state index is 2.51. The predicted octanol–water partition coefficient (Wildman–Crippen LogP) is 7.96. The van der Waals surface area contributed by atoms with E-state index >= 15 is 0 Å². The summed E-state index contributed by atoms with van der Waals surface area (Å²) in [5, 5.41) is 0. The van der Waals surface area contributed by atoms with E-state index in [4.69, 9.17) is 0 Å². The quantitative estimate of drug-likeness (QED) is 0.363. The smallest absolute Gasteiger partial charge is 0.0340 e. The number of hydrogen-bond acceptors (Lipinski definition) is 0. The Bertz CT molecular complexity index is 258. The lowest BCUT2D eigenvalue weighted by atomic mass is 9.69. The van der Waals surface area contributed by atoms with Crippen LogP contribution in [-0.2, 0) is 0 Å². The zero-order chi connectivity index (χ0) is 17.6. The summed E-state index contributed by atoms with van der Waals surface area (Å²) in [4.78, 5) is 0. The minimum Gasteiger partial charge on any atom is -0.0649 e. The van der Waals surface area contributed by atoms with Gasteiger partial charge >= 0.3 is 0 Å². The normalized spacial score (nSPS) is 17.6. The van der Waals surface area contributed by atoms with Crippen LogP contribution in [0.25, 0.3) is 0 Å². The van der Waals surface area contributed by atoms with E-state index in [2.05, 4.69) is 69.2 Å². The van der Waals surface area contributed by atoms with Gasteiger partial charge in [-0.2, -0.15) is 0 Å². The van der Waals surface area contributed by atoms with Crippen LogP contribution in [0.5, 0.6) is 0 Å². The Hall–Kier alpha value is 0. The number of rotatable bonds is 11. The van der Waals surface area contributed by atoms with E-state index in [1.165, 1.54) is 38.5 Å². The molecule has 0 spiro atoms. The summed E-state index contributed by atoms with van der Waals surface area (Å²) in [7, 11) is 0. The predicted molar refractivity (Wildman–Crippen MR) is 103 cm³/mol. The summed E-state index contributed by atoms with van der Waals surface area (Å²) in [5.41, 5.74) is 1.03. The standard InChI is InChI=1S/C22H46/c1-11-21(7,8)15-13-18(5)20(17(3)4)19(6)14-16-22(9,10)12-2/h17-20H,11-16H2,1-10H3. The van der Waals surface area contributed by atoms with Crippen molar-refractivity contribution >= 4 is 0 Å². The van der Waals surface area contributed by atoms with Crippen molar-refractivity contribution in [1.29, 1.82) is 0 Å². The fraction of sp³-hybridized carbons (Fsp3) is 1.00. The Balaban J connectivity index is 4.63. The van der Waals surface area contributed by atoms with Gasteiger partial charge in [-0.25, -0.2) is 0 Å². The molecular formula is C22H46. The van der Waals surface area contributed by atoms with Crippen molar-refractivity contribution < 1.29 is 0 Å². The maximum Gasteiger partial charge on any atom is -0.0340 e. The first kappa shape index (κ1) is 22.0. The van der Waals surface area contributed by atoms with Crippen molar-refractivity contribution in [2.75, 3.05) is 0 Å². The van der Waals surface area contributed by atoms with Gasteiger partial charge < -0.3 is 0 Å². The van der Waals surface area contributed by atoms with Gasteiger partial charge in [0.1, 0.15) is 0 Å². The Labute approximate surface area is 142 Å². The summed E-state index contributed by atoms with van der Waals surface area (Å²) in [6, 6.07) is 0. The molecular weight excluding hydrogens is 264 g/mol. The van der Waals surface area contributed by atoms with Gasteiger partial charge in [0.05, 0.1) is 0 Å². The fourth-order valence-electron chi connectivity index (χ4n) is 3.85. The van der Waals surface area contributed by atoms with Crippen molar-refractivity contribution in [3.8, 4) is 0 Å². The summed E-state index contributed by atoms with van der Waals surface area (Å²) in [5.74, 6) is 3.39. The third kappa shape index (κ3) is 8.02. The third-order valence-electron chi connectivity index (χ3n) is 6.55. The van der Waals surface area contributed by atoms with E-state index < -0.39 is 0 Å². The molecule has 0 fully saturated rings. The molecule has 0 heteroatoms. The lowest BCUT2D eigenvalue weighted by molar-refractivity contribution is 0.139. The van der Waals surface area contributed by atoms with E-state index in [1.807, 2.05) is 0 Å². The van der Waals surface area contributed by atoms with Gasteiger partial charge in [0.2, 0.25) is 0 Å². The Kier molecular flexibility index (Phi) is 9.33. The molecule has 0 aliphatic rings. The van der Waals surface area contributed by atoms with E-state index in [1.54, 1.807) is 0 Å². The molecule has 0 aliphatic heterocycles. The van der Waals surface area contributed by atoms with Crippen molar-refractivity contribution in [1.82, 2.24) is 0 Å². The molecule has 0 rings (SSSR count). The first-order valence-electron chi connectivity index (χ1n) is 9.95. The Morgan fingerprint density at radius 3 is 1.18 bits per heavy atom. The average molecular weight is 311 g/mol. The molecule has 134 valence electrons. The molecule has 0 aromatic heterocycles. The highest BCUT2D eigenvalue weighted by atomic mass is 14.3. The zero-order valence-corrected chi connectivity index (χ0v) is 17.6. The van der Waals surface area contributed by atoms with Crippen LogP contribution < -0.4 is 0 Å². The van der Waals surface area contributed by atoms with Gasteiger partial charge in [-0.15, -0.1) is 0 Å². The highest BCUT2D eigenvalue weighted by Gasteiger charge is 2.29. The van der Waals surface area contributed by atoms with Crippen LogP contribution in [0.4, 0.5) is 0 Å². The topological polar surface area (TPSA) is 0 Å². The molecule has 2 atom stereocenters. The molecule has 0 radical (unpaired) electrons. The Morgan fingerprint density at radius 1 is 0.636 bits per heavy atom. The van der Waals surface area contributed by atoms with Crippen LogP contribution >= 0.6 is 0 Å². The van der Waals surface area contributed by atoms with Gasteiger partial charge in [0.25, 0.3) is 0 Å². The molecule has 0 nitrogen and oxygen atoms in total. The molecule has 0 saturated carbocycles. The summed E-state index contributed by atoms with van der Waals surface area (Å²) in [6.07, 6.45) is 8.14. The van der Waals surface area contributed by atoms with Crippen molar-refractivity contribution in [2.45, 2.75) is 108 Å². The van der Waals surface area contributed by atoms with Crippen LogP contribution in [0.15, 0.2) is 0 Å². The van der Waals surface area contributed by atoms with Gasteiger partial charge in [0.15, 0.2) is 0 Å². The lowest BCUT2D eigenvalue weighted by Gasteiger charge is -2.36. The first-order chi connectivity index (χ1) is 9.95. The monoisotopic (exact) mass is 310 g/mol. The average Bonchev–Trinajstić information content (AvgIpc) is 2.43. The summed E-state index contributed by atoms with van der Waals surface area (Å²) < 4.78 is 0. The van der Waals surface area contributed by atoms with Crippen LogP contribution in [0.3, 0.4) is 0 Å². The molecule has 0 bridgehead atoms. The molecule has 0 aromatic carbocycles. The van der Waals surface area contributed by atoms with Crippen molar-refractivity contribution in [3.05, 3.63) is 0 Å². The molecule has 0 aromatic rings. The first-order valence-corrected chi connectivity index (χ1v) is 9.95. The second kappa shape index (κ2) is 9.33. The number of hydrogen-bond donors (Lipinski definition) is 0. The molecule has 0 aliphatic carbocycles.